The van der Waals surface area contributed by atoms with Gasteiger partial charge in [-0.1, -0.05) is 32.4 Å². The predicted octanol–water partition coefficient (Wildman–Crippen LogP) is 1.73. The highest BCUT2D eigenvalue weighted by atomic mass is 35.5. The SMILES string of the molecule is CC(C)(C)C(NC(=O)c1nn(CC2CCOCC2)c2ccc(Cl)cc12)C(=O)NCC(O)CO. The fourth-order valence-corrected chi connectivity index (χ4v) is 4.06. The first kappa shape index (κ1) is 25.4. The van der Waals surface area contributed by atoms with Crippen LogP contribution in [0.25, 0.3) is 10.9 Å². The third-order valence-electron chi connectivity index (χ3n) is 5.83. The van der Waals surface area contributed by atoms with E-state index in [9.17, 15) is 14.7 Å². The first-order valence-electron chi connectivity index (χ1n) is 11.2. The number of hydrogen-bond acceptors (Lipinski definition) is 6. The van der Waals surface area contributed by atoms with E-state index in [-0.39, 0.29) is 12.2 Å². The van der Waals surface area contributed by atoms with Crippen LogP contribution in [-0.4, -0.2) is 70.3 Å². The molecule has 3 rings (SSSR count). The summed E-state index contributed by atoms with van der Waals surface area (Å²) in [5, 5.41) is 29.6. The molecule has 2 unspecified atom stereocenters. The minimum absolute atomic E-state index is 0.115. The standard InChI is InChI=1S/C23H33ClN4O5/c1-23(2,3)20(22(32)25-11-16(30)13-29)26-21(31)19-17-10-15(24)4-5-18(17)28(27-19)12-14-6-8-33-9-7-14/h4-5,10,14,16,20,29-30H,6-9,11-13H2,1-3H3,(H,25,32)(H,26,31). The summed E-state index contributed by atoms with van der Waals surface area (Å²) in [6, 6.07) is 4.45. The van der Waals surface area contributed by atoms with E-state index in [4.69, 9.17) is 21.4 Å². The Labute approximate surface area is 198 Å². The van der Waals surface area contributed by atoms with Crippen molar-refractivity contribution in [1.82, 2.24) is 20.4 Å². The second kappa shape index (κ2) is 10.8. The van der Waals surface area contributed by atoms with Gasteiger partial charge in [-0.2, -0.15) is 5.10 Å². The molecule has 182 valence electrons. The Balaban J connectivity index is 1.86. The molecular weight excluding hydrogens is 448 g/mol. The van der Waals surface area contributed by atoms with Gasteiger partial charge in [0.15, 0.2) is 5.69 Å². The number of amides is 2. The van der Waals surface area contributed by atoms with Gasteiger partial charge in [0, 0.05) is 36.7 Å². The number of rotatable bonds is 8. The van der Waals surface area contributed by atoms with Crippen LogP contribution in [0.1, 0.15) is 44.1 Å². The summed E-state index contributed by atoms with van der Waals surface area (Å²) in [4.78, 5) is 26.1. The van der Waals surface area contributed by atoms with E-state index in [1.54, 1.807) is 12.1 Å². The number of fused-ring (bicyclic) bond motifs is 1. The molecule has 1 aliphatic rings. The Bertz CT molecular complexity index is 981. The molecule has 2 aromatic rings. The van der Waals surface area contributed by atoms with Crippen molar-refractivity contribution in [2.75, 3.05) is 26.4 Å². The monoisotopic (exact) mass is 480 g/mol. The molecule has 0 saturated carbocycles. The fourth-order valence-electron chi connectivity index (χ4n) is 3.89. The molecule has 1 aromatic carbocycles. The molecule has 2 atom stereocenters. The van der Waals surface area contributed by atoms with E-state index in [0.29, 0.717) is 22.9 Å². The third kappa shape index (κ3) is 6.44. The zero-order valence-corrected chi connectivity index (χ0v) is 20.1. The third-order valence-corrected chi connectivity index (χ3v) is 6.06. The zero-order valence-electron chi connectivity index (χ0n) is 19.3. The Morgan fingerprint density at radius 2 is 2.00 bits per heavy atom. The second-order valence-corrected chi connectivity index (χ2v) is 10.0. The van der Waals surface area contributed by atoms with Crippen molar-refractivity contribution in [3.05, 3.63) is 28.9 Å². The lowest BCUT2D eigenvalue weighted by molar-refractivity contribution is -0.125. The van der Waals surface area contributed by atoms with Gasteiger partial charge in [0.2, 0.25) is 5.91 Å². The van der Waals surface area contributed by atoms with E-state index in [0.717, 1.165) is 31.6 Å². The molecule has 2 amide bonds. The summed E-state index contributed by atoms with van der Waals surface area (Å²) in [6.45, 7) is 7.01. The van der Waals surface area contributed by atoms with Crippen molar-refractivity contribution in [3.63, 3.8) is 0 Å². The highest BCUT2D eigenvalue weighted by Gasteiger charge is 2.34. The number of hydrogen-bond donors (Lipinski definition) is 4. The number of aliphatic hydroxyl groups excluding tert-OH is 2. The van der Waals surface area contributed by atoms with Crippen molar-refractivity contribution >= 4 is 34.3 Å². The van der Waals surface area contributed by atoms with Crippen LogP contribution >= 0.6 is 11.6 Å². The Morgan fingerprint density at radius 1 is 1.30 bits per heavy atom. The van der Waals surface area contributed by atoms with Crippen molar-refractivity contribution in [2.24, 2.45) is 11.3 Å². The molecule has 9 nitrogen and oxygen atoms in total. The Morgan fingerprint density at radius 3 is 2.64 bits per heavy atom. The van der Waals surface area contributed by atoms with Gasteiger partial charge in [-0.3, -0.25) is 14.3 Å². The van der Waals surface area contributed by atoms with E-state index in [1.165, 1.54) is 0 Å². The largest absolute Gasteiger partial charge is 0.394 e. The van der Waals surface area contributed by atoms with Crippen molar-refractivity contribution in [2.45, 2.75) is 52.3 Å². The number of aromatic nitrogens is 2. The van der Waals surface area contributed by atoms with Crippen LogP contribution in [0.15, 0.2) is 18.2 Å². The molecule has 0 bridgehead atoms. The zero-order chi connectivity index (χ0) is 24.2. The van der Waals surface area contributed by atoms with Crippen LogP contribution in [0.2, 0.25) is 5.02 Å². The first-order valence-corrected chi connectivity index (χ1v) is 11.6. The summed E-state index contributed by atoms with van der Waals surface area (Å²) >= 11 is 6.22. The second-order valence-electron chi connectivity index (χ2n) is 9.60. The molecule has 1 aromatic heterocycles. The number of aliphatic hydroxyl groups is 2. The molecule has 10 heteroatoms. The number of halogens is 1. The average molecular weight is 481 g/mol. The molecule has 33 heavy (non-hydrogen) atoms. The van der Waals surface area contributed by atoms with E-state index in [2.05, 4.69) is 15.7 Å². The van der Waals surface area contributed by atoms with Crippen LogP contribution in [0.5, 0.6) is 0 Å². The average Bonchev–Trinajstić information content (AvgIpc) is 3.12. The quantitative estimate of drug-likeness (QED) is 0.456. The summed E-state index contributed by atoms with van der Waals surface area (Å²) in [6.07, 6.45) is 0.794. The lowest BCUT2D eigenvalue weighted by Gasteiger charge is -2.30. The number of benzene rings is 1. The molecule has 0 spiro atoms. The van der Waals surface area contributed by atoms with Gasteiger partial charge in [-0.05, 0) is 42.4 Å². The van der Waals surface area contributed by atoms with Gasteiger partial charge in [-0.15, -0.1) is 0 Å². The number of carbonyl (C=O) groups is 2. The summed E-state index contributed by atoms with van der Waals surface area (Å²) in [5.74, 6) is -0.530. The highest BCUT2D eigenvalue weighted by Crippen LogP contribution is 2.27. The fraction of sp³-hybridized carbons (Fsp3) is 0.609. The number of ether oxygens (including phenoxy) is 1. The molecule has 1 aliphatic heterocycles. The first-order chi connectivity index (χ1) is 15.6. The molecule has 0 aliphatic carbocycles. The van der Waals surface area contributed by atoms with Gasteiger partial charge < -0.3 is 25.6 Å². The summed E-state index contributed by atoms with van der Waals surface area (Å²) in [7, 11) is 0. The molecular formula is C23H33ClN4O5. The van der Waals surface area contributed by atoms with Crippen molar-refractivity contribution < 1.29 is 24.5 Å². The lowest BCUT2D eigenvalue weighted by Crippen LogP contribution is -2.54. The van der Waals surface area contributed by atoms with E-state index >= 15 is 0 Å². The van der Waals surface area contributed by atoms with Gasteiger partial charge >= 0.3 is 0 Å². The van der Waals surface area contributed by atoms with Gasteiger partial charge in [0.25, 0.3) is 5.91 Å². The Hall–Kier alpha value is -2.20. The predicted molar refractivity (Wildman–Crippen MR) is 125 cm³/mol. The highest BCUT2D eigenvalue weighted by molar-refractivity contribution is 6.31. The minimum atomic E-state index is -1.07. The number of nitrogens with one attached hydrogen (secondary N) is 2. The summed E-state index contributed by atoms with van der Waals surface area (Å²) < 4.78 is 7.28. The van der Waals surface area contributed by atoms with Crippen LogP contribution < -0.4 is 10.6 Å². The van der Waals surface area contributed by atoms with Crippen LogP contribution in [-0.2, 0) is 16.1 Å². The smallest absolute Gasteiger partial charge is 0.273 e. The van der Waals surface area contributed by atoms with E-state index < -0.39 is 36.0 Å². The maximum Gasteiger partial charge on any atom is 0.273 e. The topological polar surface area (TPSA) is 126 Å². The molecule has 1 saturated heterocycles. The maximum atomic E-state index is 13.3. The molecule has 4 N–H and O–H groups in total. The maximum absolute atomic E-state index is 13.3. The summed E-state index contributed by atoms with van der Waals surface area (Å²) in [5.41, 5.74) is 0.401. The van der Waals surface area contributed by atoms with E-state index in [1.807, 2.05) is 31.5 Å². The lowest BCUT2D eigenvalue weighted by atomic mass is 9.86. The molecule has 1 fully saturated rings. The van der Waals surface area contributed by atoms with Crippen LogP contribution in [0.4, 0.5) is 0 Å². The van der Waals surface area contributed by atoms with Gasteiger partial charge in [0.05, 0.1) is 18.2 Å². The van der Waals surface area contributed by atoms with Crippen molar-refractivity contribution in [1.29, 1.82) is 0 Å². The van der Waals surface area contributed by atoms with Gasteiger partial charge in [-0.25, -0.2) is 0 Å². The Kier molecular flexibility index (Phi) is 8.33. The van der Waals surface area contributed by atoms with Gasteiger partial charge in [0.1, 0.15) is 6.04 Å². The van der Waals surface area contributed by atoms with Crippen LogP contribution in [0, 0.1) is 11.3 Å². The van der Waals surface area contributed by atoms with Crippen LogP contribution in [0.3, 0.4) is 0 Å². The number of nitrogens with zero attached hydrogens (tertiary/aromatic N) is 2. The minimum Gasteiger partial charge on any atom is -0.394 e. The molecule has 0 radical (unpaired) electrons. The van der Waals surface area contributed by atoms with Crippen molar-refractivity contribution in [3.8, 4) is 0 Å². The normalized spacial score (nSPS) is 17.0. The molecule has 2 heterocycles. The number of carbonyl (C=O) groups excluding carboxylic acids is 2.